The van der Waals surface area contributed by atoms with E-state index in [4.69, 9.17) is 0 Å². The fourth-order valence-corrected chi connectivity index (χ4v) is 3.29. The van der Waals surface area contributed by atoms with Crippen LogP contribution in [0.15, 0.2) is 65.1 Å². The summed E-state index contributed by atoms with van der Waals surface area (Å²) < 4.78 is 0. The zero-order valence-corrected chi connectivity index (χ0v) is 13.5. The van der Waals surface area contributed by atoms with Crippen LogP contribution in [0.4, 0.5) is 5.13 Å². The first kappa shape index (κ1) is 14.2. The zero-order chi connectivity index (χ0) is 15.5. The number of anilines is 1. The standard InChI is InChI=1S/C19H17N3S/c1-2-6-15(7-3-1)18-13-23-19(21-18)22-20-12-16-8-4-5-9-17(16)14-10-11-14/h1-9,12-14H,10-11H2,(H,21,22). The van der Waals surface area contributed by atoms with Gasteiger partial charge in [-0.05, 0) is 29.9 Å². The molecule has 0 unspecified atom stereocenters. The van der Waals surface area contributed by atoms with Gasteiger partial charge in [0.1, 0.15) is 0 Å². The molecule has 0 amide bonds. The molecular formula is C19H17N3S. The molecule has 0 radical (unpaired) electrons. The van der Waals surface area contributed by atoms with Gasteiger partial charge in [0.15, 0.2) is 0 Å². The number of nitrogens with one attached hydrogen (secondary N) is 1. The van der Waals surface area contributed by atoms with Crippen LogP contribution in [-0.4, -0.2) is 11.2 Å². The number of nitrogens with zero attached hydrogens (tertiary/aromatic N) is 2. The first-order valence-electron chi connectivity index (χ1n) is 7.79. The summed E-state index contributed by atoms with van der Waals surface area (Å²) in [6, 6.07) is 18.7. The van der Waals surface area contributed by atoms with Gasteiger partial charge in [-0.2, -0.15) is 5.10 Å². The highest BCUT2D eigenvalue weighted by atomic mass is 32.1. The monoisotopic (exact) mass is 319 g/mol. The Bertz CT molecular complexity index is 819. The molecule has 23 heavy (non-hydrogen) atoms. The van der Waals surface area contributed by atoms with Gasteiger partial charge in [-0.3, -0.25) is 5.43 Å². The minimum Gasteiger partial charge on any atom is -0.253 e. The first-order valence-corrected chi connectivity index (χ1v) is 8.67. The molecule has 1 saturated carbocycles. The minimum absolute atomic E-state index is 0.724. The predicted molar refractivity (Wildman–Crippen MR) is 97.2 cm³/mol. The number of benzene rings is 2. The molecule has 3 nitrogen and oxygen atoms in total. The third-order valence-corrected chi connectivity index (χ3v) is 4.70. The van der Waals surface area contributed by atoms with Gasteiger partial charge in [-0.25, -0.2) is 4.98 Å². The van der Waals surface area contributed by atoms with E-state index in [0.717, 1.165) is 22.3 Å². The summed E-state index contributed by atoms with van der Waals surface area (Å²) in [5.41, 5.74) is 7.75. The van der Waals surface area contributed by atoms with Crippen molar-refractivity contribution >= 4 is 22.7 Å². The Labute approximate surface area is 139 Å². The Morgan fingerprint density at radius 1 is 1.04 bits per heavy atom. The van der Waals surface area contributed by atoms with Gasteiger partial charge < -0.3 is 0 Å². The summed E-state index contributed by atoms with van der Waals surface area (Å²) in [5.74, 6) is 0.724. The molecular weight excluding hydrogens is 302 g/mol. The van der Waals surface area contributed by atoms with Crippen molar-refractivity contribution in [3.8, 4) is 11.3 Å². The summed E-state index contributed by atoms with van der Waals surface area (Å²) in [6.07, 6.45) is 4.49. The molecule has 1 N–H and O–H groups in total. The quantitative estimate of drug-likeness (QED) is 0.522. The molecule has 1 aromatic heterocycles. The second-order valence-corrected chi connectivity index (χ2v) is 6.54. The predicted octanol–water partition coefficient (Wildman–Crippen LogP) is 5.13. The molecule has 4 heteroatoms. The van der Waals surface area contributed by atoms with Crippen molar-refractivity contribution < 1.29 is 0 Å². The van der Waals surface area contributed by atoms with Crippen molar-refractivity contribution in [2.24, 2.45) is 5.10 Å². The molecule has 1 aliphatic rings. The second kappa shape index (κ2) is 6.34. The molecule has 0 atom stereocenters. The van der Waals surface area contributed by atoms with Crippen molar-refractivity contribution in [1.82, 2.24) is 4.98 Å². The Morgan fingerprint density at radius 3 is 2.65 bits per heavy atom. The maximum atomic E-state index is 4.58. The Balaban J connectivity index is 1.46. The first-order chi connectivity index (χ1) is 11.4. The van der Waals surface area contributed by atoms with Crippen LogP contribution in [0.1, 0.15) is 29.9 Å². The Hall–Kier alpha value is -2.46. The van der Waals surface area contributed by atoms with Gasteiger partial charge in [0.05, 0.1) is 11.9 Å². The second-order valence-electron chi connectivity index (χ2n) is 5.68. The minimum atomic E-state index is 0.724. The van der Waals surface area contributed by atoms with Crippen LogP contribution in [0, 0.1) is 0 Å². The van der Waals surface area contributed by atoms with E-state index < -0.39 is 0 Å². The lowest BCUT2D eigenvalue weighted by Gasteiger charge is -2.02. The molecule has 1 aliphatic carbocycles. The van der Waals surface area contributed by atoms with Crippen molar-refractivity contribution in [2.75, 3.05) is 5.43 Å². The van der Waals surface area contributed by atoms with Gasteiger partial charge in [-0.15, -0.1) is 11.3 Å². The number of hydrogen-bond donors (Lipinski definition) is 1. The highest BCUT2D eigenvalue weighted by Gasteiger charge is 2.25. The van der Waals surface area contributed by atoms with Crippen LogP contribution in [0.2, 0.25) is 0 Å². The van der Waals surface area contributed by atoms with Gasteiger partial charge in [0, 0.05) is 10.9 Å². The van der Waals surface area contributed by atoms with E-state index in [0.29, 0.717) is 0 Å². The molecule has 114 valence electrons. The van der Waals surface area contributed by atoms with E-state index in [1.54, 1.807) is 11.3 Å². The summed E-state index contributed by atoms with van der Waals surface area (Å²) in [4.78, 5) is 4.58. The summed E-state index contributed by atoms with van der Waals surface area (Å²) >= 11 is 1.57. The molecule has 0 aliphatic heterocycles. The van der Waals surface area contributed by atoms with Crippen molar-refractivity contribution in [1.29, 1.82) is 0 Å². The number of rotatable bonds is 5. The number of hydrazone groups is 1. The normalized spacial score (nSPS) is 14.3. The molecule has 1 fully saturated rings. The van der Waals surface area contributed by atoms with Gasteiger partial charge >= 0.3 is 0 Å². The Morgan fingerprint density at radius 2 is 1.83 bits per heavy atom. The third-order valence-electron chi connectivity index (χ3n) is 3.95. The van der Waals surface area contributed by atoms with Crippen molar-refractivity contribution in [3.63, 3.8) is 0 Å². The topological polar surface area (TPSA) is 37.3 Å². The van der Waals surface area contributed by atoms with Gasteiger partial charge in [-0.1, -0.05) is 54.6 Å². The third kappa shape index (κ3) is 3.32. The van der Waals surface area contributed by atoms with Crippen LogP contribution in [-0.2, 0) is 0 Å². The van der Waals surface area contributed by atoms with E-state index in [9.17, 15) is 0 Å². The molecule has 0 spiro atoms. The van der Waals surface area contributed by atoms with E-state index in [2.05, 4.69) is 51.9 Å². The van der Waals surface area contributed by atoms with Crippen molar-refractivity contribution in [2.45, 2.75) is 18.8 Å². The van der Waals surface area contributed by atoms with Crippen LogP contribution >= 0.6 is 11.3 Å². The van der Waals surface area contributed by atoms with Gasteiger partial charge in [0.25, 0.3) is 0 Å². The smallest absolute Gasteiger partial charge is 0.203 e. The number of aromatic nitrogens is 1. The Kier molecular flexibility index (Phi) is 3.90. The molecule has 4 rings (SSSR count). The van der Waals surface area contributed by atoms with Crippen LogP contribution in [0.3, 0.4) is 0 Å². The average molecular weight is 319 g/mol. The van der Waals surface area contributed by atoms with E-state index in [1.165, 1.54) is 24.0 Å². The number of thiazole rings is 1. The van der Waals surface area contributed by atoms with Crippen LogP contribution < -0.4 is 5.43 Å². The number of hydrogen-bond acceptors (Lipinski definition) is 4. The highest BCUT2D eigenvalue weighted by Crippen LogP contribution is 2.41. The van der Waals surface area contributed by atoms with Crippen LogP contribution in [0.5, 0.6) is 0 Å². The van der Waals surface area contributed by atoms with Gasteiger partial charge in [0.2, 0.25) is 5.13 Å². The maximum absolute atomic E-state index is 4.58. The lowest BCUT2D eigenvalue weighted by atomic mass is 10.0. The molecule has 0 saturated heterocycles. The molecule has 3 aromatic rings. The molecule has 2 aromatic carbocycles. The van der Waals surface area contributed by atoms with E-state index >= 15 is 0 Å². The lowest BCUT2D eigenvalue weighted by Crippen LogP contribution is -1.94. The fourth-order valence-electron chi connectivity index (χ4n) is 2.62. The summed E-state index contributed by atoms with van der Waals surface area (Å²) in [7, 11) is 0. The molecule has 1 heterocycles. The fraction of sp³-hybridized carbons (Fsp3) is 0.158. The average Bonchev–Trinajstić information content (AvgIpc) is 3.34. The van der Waals surface area contributed by atoms with E-state index in [1.807, 2.05) is 29.8 Å². The van der Waals surface area contributed by atoms with Crippen LogP contribution in [0.25, 0.3) is 11.3 Å². The molecule has 0 bridgehead atoms. The largest absolute Gasteiger partial charge is 0.253 e. The lowest BCUT2D eigenvalue weighted by molar-refractivity contribution is 1.12. The SMILES string of the molecule is C(=NNc1nc(-c2ccccc2)cs1)c1ccccc1C1CC1. The summed E-state index contributed by atoms with van der Waals surface area (Å²) in [6.45, 7) is 0. The zero-order valence-electron chi connectivity index (χ0n) is 12.6. The van der Waals surface area contributed by atoms with Crippen molar-refractivity contribution in [3.05, 3.63) is 71.1 Å². The highest BCUT2D eigenvalue weighted by molar-refractivity contribution is 7.14. The maximum Gasteiger partial charge on any atom is 0.203 e. The summed E-state index contributed by atoms with van der Waals surface area (Å²) in [5, 5.41) is 7.22. The van der Waals surface area contributed by atoms with E-state index in [-0.39, 0.29) is 0 Å².